The number of hydrogen-bond acceptors (Lipinski definition) is 2. The van der Waals surface area contributed by atoms with Crippen LogP contribution in [0.3, 0.4) is 0 Å². The molecule has 2 heteroatoms. The average molecular weight is 231 g/mol. The van der Waals surface area contributed by atoms with Crippen LogP contribution in [-0.4, -0.2) is 18.7 Å². The molecule has 1 aromatic carbocycles. The Kier molecular flexibility index (Phi) is 2.44. The van der Waals surface area contributed by atoms with Crippen LogP contribution < -0.4 is 10.1 Å². The van der Waals surface area contributed by atoms with Gasteiger partial charge in [0.15, 0.2) is 0 Å². The fraction of sp³-hybridized carbons (Fsp3) is 0.600. The fourth-order valence-electron chi connectivity index (χ4n) is 3.59. The second kappa shape index (κ2) is 3.74. The summed E-state index contributed by atoms with van der Waals surface area (Å²) in [6.45, 7) is 6.67. The van der Waals surface area contributed by atoms with Crippen LogP contribution in [0.15, 0.2) is 24.3 Å². The van der Waals surface area contributed by atoms with Crippen molar-refractivity contribution < 1.29 is 4.74 Å². The summed E-state index contributed by atoms with van der Waals surface area (Å²) in [5.74, 6) is 1.09. The molecule has 3 rings (SSSR count). The minimum atomic E-state index is -0.0482. The molecule has 2 nitrogen and oxygen atoms in total. The molecule has 0 radical (unpaired) electrons. The van der Waals surface area contributed by atoms with E-state index in [0.29, 0.717) is 0 Å². The van der Waals surface area contributed by atoms with Gasteiger partial charge in [-0.15, -0.1) is 0 Å². The zero-order chi connectivity index (χ0) is 11.9. The van der Waals surface area contributed by atoms with E-state index in [2.05, 4.69) is 43.4 Å². The van der Waals surface area contributed by atoms with Crippen LogP contribution in [0.4, 0.5) is 0 Å². The molecule has 1 atom stereocenters. The molecule has 0 aliphatic carbocycles. The highest BCUT2D eigenvalue weighted by Crippen LogP contribution is 2.47. The first-order chi connectivity index (χ1) is 8.11. The van der Waals surface area contributed by atoms with Crippen LogP contribution in [0, 0.1) is 0 Å². The summed E-state index contributed by atoms with van der Waals surface area (Å²) in [6.07, 6.45) is 3.66. The second-order valence-electron chi connectivity index (χ2n) is 6.10. The highest BCUT2D eigenvalue weighted by Gasteiger charge is 2.45. The third-order valence-electron chi connectivity index (χ3n) is 4.08. The smallest absolute Gasteiger partial charge is 0.123 e. The number of piperidine rings is 1. The number of rotatable bonds is 0. The van der Waals surface area contributed by atoms with Crippen molar-refractivity contribution in [1.29, 1.82) is 0 Å². The molecule has 1 saturated heterocycles. The number of hydrogen-bond donors (Lipinski definition) is 1. The maximum absolute atomic E-state index is 6.12. The molecule has 2 aliphatic rings. The number of benzene rings is 1. The van der Waals surface area contributed by atoms with Gasteiger partial charge in [-0.25, -0.2) is 0 Å². The van der Waals surface area contributed by atoms with Gasteiger partial charge in [0.25, 0.3) is 0 Å². The monoisotopic (exact) mass is 231 g/mol. The molecule has 0 bridgehead atoms. The van der Waals surface area contributed by atoms with Gasteiger partial charge in [0, 0.05) is 17.5 Å². The Labute approximate surface area is 103 Å². The minimum Gasteiger partial charge on any atom is -0.488 e. The molecule has 0 saturated carbocycles. The summed E-state index contributed by atoms with van der Waals surface area (Å²) >= 11 is 0. The van der Waals surface area contributed by atoms with Crippen LogP contribution in [0.25, 0.3) is 0 Å². The molecule has 1 spiro atoms. The first kappa shape index (κ1) is 11.1. The Hall–Kier alpha value is -1.02. The number of ether oxygens (including phenoxy) is 1. The maximum atomic E-state index is 6.12. The lowest BCUT2D eigenvalue weighted by atomic mass is 9.67. The first-order valence-corrected chi connectivity index (χ1v) is 6.61. The first-order valence-electron chi connectivity index (χ1n) is 6.61. The van der Waals surface area contributed by atoms with E-state index in [0.717, 1.165) is 25.3 Å². The van der Waals surface area contributed by atoms with Crippen molar-refractivity contribution in [3.63, 3.8) is 0 Å². The van der Waals surface area contributed by atoms with Gasteiger partial charge in [-0.1, -0.05) is 18.2 Å². The van der Waals surface area contributed by atoms with Gasteiger partial charge in [-0.3, -0.25) is 0 Å². The molecule has 0 amide bonds. The Morgan fingerprint density at radius 2 is 2.06 bits per heavy atom. The van der Waals surface area contributed by atoms with Crippen LogP contribution in [0.5, 0.6) is 5.75 Å². The largest absolute Gasteiger partial charge is 0.488 e. The Morgan fingerprint density at radius 3 is 2.82 bits per heavy atom. The molecule has 92 valence electrons. The van der Waals surface area contributed by atoms with Crippen molar-refractivity contribution in [3.05, 3.63) is 29.8 Å². The highest BCUT2D eigenvalue weighted by atomic mass is 16.5. The van der Waals surface area contributed by atoms with E-state index in [-0.39, 0.29) is 11.0 Å². The lowest BCUT2D eigenvalue weighted by Gasteiger charge is -2.48. The summed E-state index contributed by atoms with van der Waals surface area (Å²) in [6, 6.07) is 8.57. The maximum Gasteiger partial charge on any atom is 0.123 e. The molecule has 2 heterocycles. The summed E-state index contributed by atoms with van der Waals surface area (Å²) in [5, 5.41) is 3.57. The summed E-state index contributed by atoms with van der Waals surface area (Å²) in [5.41, 5.74) is 1.65. The van der Waals surface area contributed by atoms with Crippen molar-refractivity contribution in [2.45, 2.75) is 44.1 Å². The van der Waals surface area contributed by atoms with Gasteiger partial charge in [0.1, 0.15) is 11.4 Å². The van der Waals surface area contributed by atoms with Gasteiger partial charge < -0.3 is 10.1 Å². The lowest BCUT2D eigenvalue weighted by Crippen LogP contribution is -2.51. The van der Waals surface area contributed by atoms with Crippen molar-refractivity contribution in [2.24, 2.45) is 0 Å². The van der Waals surface area contributed by atoms with Gasteiger partial charge in [0.2, 0.25) is 0 Å². The number of para-hydroxylation sites is 1. The molecule has 0 aromatic heterocycles. The van der Waals surface area contributed by atoms with Crippen molar-refractivity contribution in [2.75, 3.05) is 13.1 Å². The number of nitrogens with one attached hydrogen (secondary N) is 1. The van der Waals surface area contributed by atoms with Crippen molar-refractivity contribution >= 4 is 0 Å². The predicted molar refractivity (Wildman–Crippen MR) is 69.5 cm³/mol. The van der Waals surface area contributed by atoms with Crippen LogP contribution in [-0.2, 0) is 5.41 Å². The van der Waals surface area contributed by atoms with E-state index in [1.165, 1.54) is 18.4 Å². The molecule has 17 heavy (non-hydrogen) atoms. The van der Waals surface area contributed by atoms with E-state index in [9.17, 15) is 0 Å². The summed E-state index contributed by atoms with van der Waals surface area (Å²) in [7, 11) is 0. The van der Waals surface area contributed by atoms with Crippen molar-refractivity contribution in [1.82, 2.24) is 5.32 Å². The van der Waals surface area contributed by atoms with Crippen LogP contribution in [0.2, 0.25) is 0 Å². The predicted octanol–water partition coefficient (Wildman–Crippen LogP) is 2.87. The third kappa shape index (κ3) is 1.85. The number of fused-ring (bicyclic) bond motifs is 2. The standard InChI is InChI=1S/C15H21NO/c1-14(2)10-15(8-5-9-16-11-15)12-6-3-4-7-13(12)17-14/h3-4,6-7,16H,5,8-11H2,1-2H3. The molecular formula is C15H21NO. The van der Waals surface area contributed by atoms with Crippen LogP contribution in [0.1, 0.15) is 38.7 Å². The molecule has 1 fully saturated rings. The van der Waals surface area contributed by atoms with E-state index in [4.69, 9.17) is 4.74 Å². The third-order valence-corrected chi connectivity index (χ3v) is 4.08. The van der Waals surface area contributed by atoms with Gasteiger partial charge in [-0.2, -0.15) is 0 Å². The van der Waals surface area contributed by atoms with E-state index in [1.54, 1.807) is 0 Å². The quantitative estimate of drug-likeness (QED) is 0.741. The molecule has 2 aliphatic heterocycles. The molecule has 1 aromatic rings. The Balaban J connectivity index is 2.08. The summed E-state index contributed by atoms with van der Waals surface area (Å²) in [4.78, 5) is 0. The van der Waals surface area contributed by atoms with E-state index >= 15 is 0 Å². The lowest BCUT2D eigenvalue weighted by molar-refractivity contribution is 0.0356. The van der Waals surface area contributed by atoms with Gasteiger partial charge in [0.05, 0.1) is 0 Å². The van der Waals surface area contributed by atoms with E-state index in [1.807, 2.05) is 0 Å². The second-order valence-corrected chi connectivity index (χ2v) is 6.10. The van der Waals surface area contributed by atoms with Gasteiger partial charge >= 0.3 is 0 Å². The van der Waals surface area contributed by atoms with E-state index < -0.39 is 0 Å². The van der Waals surface area contributed by atoms with Crippen molar-refractivity contribution in [3.8, 4) is 5.75 Å². The molecule has 1 unspecified atom stereocenters. The Morgan fingerprint density at radius 1 is 1.24 bits per heavy atom. The molecule has 1 N–H and O–H groups in total. The molecular weight excluding hydrogens is 210 g/mol. The fourth-order valence-corrected chi connectivity index (χ4v) is 3.59. The average Bonchev–Trinajstić information content (AvgIpc) is 2.28. The van der Waals surface area contributed by atoms with Gasteiger partial charge in [-0.05, 0) is 45.7 Å². The topological polar surface area (TPSA) is 21.3 Å². The Bertz CT molecular complexity index is 419. The highest BCUT2D eigenvalue weighted by molar-refractivity contribution is 5.43. The zero-order valence-corrected chi connectivity index (χ0v) is 10.8. The minimum absolute atomic E-state index is 0.0482. The zero-order valence-electron chi connectivity index (χ0n) is 10.8. The SMILES string of the molecule is CC1(C)CC2(CCCNC2)c2ccccc2O1. The summed E-state index contributed by atoms with van der Waals surface area (Å²) < 4.78 is 6.12. The normalized spacial score (nSPS) is 30.7. The van der Waals surface area contributed by atoms with Crippen LogP contribution >= 0.6 is 0 Å².